The molecule has 0 unspecified atom stereocenters. The average molecular weight is 423 g/mol. The summed E-state index contributed by atoms with van der Waals surface area (Å²) in [5.74, 6) is -0.0662. The fourth-order valence-corrected chi connectivity index (χ4v) is 4.16. The third-order valence-corrected chi connectivity index (χ3v) is 6.09. The molecule has 0 spiro atoms. The summed E-state index contributed by atoms with van der Waals surface area (Å²) in [5.41, 5.74) is 2.13. The molecule has 0 radical (unpaired) electrons. The molecule has 0 aliphatic carbocycles. The van der Waals surface area contributed by atoms with E-state index in [9.17, 15) is 14.4 Å². The molecule has 1 fully saturated rings. The van der Waals surface area contributed by atoms with Crippen molar-refractivity contribution in [3.8, 4) is 10.6 Å². The molecule has 4 rings (SSSR count). The molecule has 3 heterocycles. The molecule has 2 aromatic heterocycles. The van der Waals surface area contributed by atoms with Gasteiger partial charge in [0.1, 0.15) is 12.2 Å². The molecule has 0 bridgehead atoms. The maximum Gasteiger partial charge on any atom is 0.267 e. The standard InChI is InChI=1S/C22H22N4O3S/c1-16(27)17-4-6-18(7-5-17)24-10-12-25(13-11-24)22(29)15-26-21(28)9-8-19(23-26)20-3-2-14-30-20/h2-9,14H,10-13,15H2,1H3. The minimum atomic E-state index is -0.284. The van der Waals surface area contributed by atoms with Gasteiger partial charge in [0.05, 0.1) is 4.88 Å². The number of benzene rings is 1. The van der Waals surface area contributed by atoms with Gasteiger partial charge < -0.3 is 9.80 Å². The topological polar surface area (TPSA) is 75.5 Å². The van der Waals surface area contributed by atoms with Crippen molar-refractivity contribution in [1.29, 1.82) is 0 Å². The van der Waals surface area contributed by atoms with Crippen LogP contribution in [-0.2, 0) is 11.3 Å². The molecule has 1 saturated heterocycles. The summed E-state index contributed by atoms with van der Waals surface area (Å²) in [6.07, 6.45) is 0. The first-order chi connectivity index (χ1) is 14.5. The average Bonchev–Trinajstić information content (AvgIpc) is 3.30. The first-order valence-electron chi connectivity index (χ1n) is 9.77. The molecule has 7 nitrogen and oxygen atoms in total. The highest BCUT2D eigenvalue weighted by molar-refractivity contribution is 7.13. The number of Topliss-reactive ketones (excluding diaryl/α,β-unsaturated/α-hetero) is 1. The molecule has 1 aliphatic rings. The zero-order valence-electron chi connectivity index (χ0n) is 16.7. The van der Waals surface area contributed by atoms with Crippen molar-refractivity contribution in [3.63, 3.8) is 0 Å². The lowest BCUT2D eigenvalue weighted by atomic mass is 10.1. The van der Waals surface area contributed by atoms with E-state index in [2.05, 4.69) is 10.00 Å². The van der Waals surface area contributed by atoms with Gasteiger partial charge in [-0.05, 0) is 48.7 Å². The number of aromatic nitrogens is 2. The molecule has 0 atom stereocenters. The second-order valence-corrected chi connectivity index (χ2v) is 8.11. The van der Waals surface area contributed by atoms with Crippen LogP contribution in [0.5, 0.6) is 0 Å². The molecule has 154 valence electrons. The van der Waals surface area contributed by atoms with Crippen molar-refractivity contribution in [2.75, 3.05) is 31.1 Å². The summed E-state index contributed by atoms with van der Waals surface area (Å²) >= 11 is 1.54. The van der Waals surface area contributed by atoms with E-state index in [1.807, 2.05) is 41.8 Å². The number of nitrogens with zero attached hydrogens (tertiary/aromatic N) is 4. The van der Waals surface area contributed by atoms with Crippen molar-refractivity contribution in [2.45, 2.75) is 13.5 Å². The number of anilines is 1. The normalized spacial score (nSPS) is 14.0. The second-order valence-electron chi connectivity index (χ2n) is 7.16. The smallest absolute Gasteiger partial charge is 0.267 e. The number of rotatable bonds is 5. The van der Waals surface area contributed by atoms with Crippen molar-refractivity contribution in [2.24, 2.45) is 0 Å². The van der Waals surface area contributed by atoms with E-state index in [4.69, 9.17) is 0 Å². The minimum Gasteiger partial charge on any atom is -0.368 e. The van der Waals surface area contributed by atoms with Crippen LogP contribution in [0.1, 0.15) is 17.3 Å². The van der Waals surface area contributed by atoms with E-state index in [1.165, 1.54) is 10.7 Å². The highest BCUT2D eigenvalue weighted by atomic mass is 32.1. The van der Waals surface area contributed by atoms with Crippen LogP contribution >= 0.6 is 11.3 Å². The number of carbonyl (C=O) groups excluding carboxylic acids is 2. The quantitative estimate of drug-likeness (QED) is 0.591. The molecule has 8 heteroatoms. The first kappa shape index (κ1) is 20.0. The summed E-state index contributed by atoms with van der Waals surface area (Å²) in [7, 11) is 0. The van der Waals surface area contributed by atoms with E-state index < -0.39 is 0 Å². The minimum absolute atomic E-state index is 0.0453. The van der Waals surface area contributed by atoms with Crippen LogP contribution in [0.15, 0.2) is 58.7 Å². The monoisotopic (exact) mass is 422 g/mol. The van der Waals surface area contributed by atoms with Crippen molar-refractivity contribution in [1.82, 2.24) is 14.7 Å². The molecule has 3 aromatic rings. The van der Waals surface area contributed by atoms with E-state index in [1.54, 1.807) is 29.2 Å². The van der Waals surface area contributed by atoms with Crippen molar-refractivity contribution < 1.29 is 9.59 Å². The number of ketones is 1. The Kier molecular flexibility index (Phi) is 5.76. The van der Waals surface area contributed by atoms with Gasteiger partial charge in [-0.1, -0.05) is 6.07 Å². The Bertz CT molecular complexity index is 1100. The van der Waals surface area contributed by atoms with Gasteiger partial charge in [-0.2, -0.15) is 5.10 Å². The molecular weight excluding hydrogens is 400 g/mol. The van der Waals surface area contributed by atoms with E-state index in [0.717, 1.165) is 10.6 Å². The molecule has 30 heavy (non-hydrogen) atoms. The van der Waals surface area contributed by atoms with Gasteiger partial charge in [0.2, 0.25) is 5.91 Å². The molecule has 0 saturated carbocycles. The molecule has 1 amide bonds. The Morgan fingerprint density at radius 3 is 2.37 bits per heavy atom. The molecule has 0 N–H and O–H groups in total. The van der Waals surface area contributed by atoms with Gasteiger partial charge in [-0.15, -0.1) is 11.3 Å². The third kappa shape index (κ3) is 4.33. The summed E-state index contributed by atoms with van der Waals surface area (Å²) < 4.78 is 1.24. The molecule has 1 aromatic carbocycles. The molecule has 1 aliphatic heterocycles. The van der Waals surface area contributed by atoms with E-state index in [-0.39, 0.29) is 23.8 Å². The predicted molar refractivity (Wildman–Crippen MR) is 117 cm³/mol. The summed E-state index contributed by atoms with van der Waals surface area (Å²) in [6.45, 7) is 4.03. The lowest BCUT2D eigenvalue weighted by molar-refractivity contribution is -0.132. The maximum absolute atomic E-state index is 12.8. The Hall–Kier alpha value is -3.26. The zero-order valence-corrected chi connectivity index (χ0v) is 17.5. The zero-order chi connectivity index (χ0) is 21.1. The first-order valence-corrected chi connectivity index (χ1v) is 10.6. The number of thiophene rings is 1. The second kappa shape index (κ2) is 8.62. The number of piperazine rings is 1. The lowest BCUT2D eigenvalue weighted by Gasteiger charge is -2.36. The van der Waals surface area contributed by atoms with Gasteiger partial charge >= 0.3 is 0 Å². The van der Waals surface area contributed by atoms with Crippen LogP contribution in [0.3, 0.4) is 0 Å². The number of amides is 1. The Morgan fingerprint density at radius 2 is 1.73 bits per heavy atom. The van der Waals surface area contributed by atoms with Crippen LogP contribution in [0.2, 0.25) is 0 Å². The molecular formula is C22H22N4O3S. The number of hydrogen-bond acceptors (Lipinski definition) is 6. The summed E-state index contributed by atoms with van der Waals surface area (Å²) in [6, 6.07) is 14.5. The largest absolute Gasteiger partial charge is 0.368 e. The van der Waals surface area contributed by atoms with Gasteiger partial charge in [-0.3, -0.25) is 14.4 Å². The lowest BCUT2D eigenvalue weighted by Crippen LogP contribution is -2.50. The van der Waals surface area contributed by atoms with Crippen LogP contribution < -0.4 is 10.5 Å². The van der Waals surface area contributed by atoms with Crippen LogP contribution in [0, 0.1) is 0 Å². The SMILES string of the molecule is CC(=O)c1ccc(N2CCN(C(=O)Cn3nc(-c4cccs4)ccc3=O)CC2)cc1. The fraction of sp³-hybridized carbons (Fsp3) is 0.273. The van der Waals surface area contributed by atoms with Gasteiger partial charge in [0.15, 0.2) is 5.78 Å². The predicted octanol–water partition coefficient (Wildman–Crippen LogP) is 2.52. The third-order valence-electron chi connectivity index (χ3n) is 5.20. The maximum atomic E-state index is 12.8. The van der Waals surface area contributed by atoms with Crippen LogP contribution in [-0.4, -0.2) is 52.5 Å². The Balaban J connectivity index is 1.38. The Labute approximate surface area is 178 Å². The number of carbonyl (C=O) groups is 2. The van der Waals surface area contributed by atoms with Crippen LogP contribution in [0.25, 0.3) is 10.6 Å². The van der Waals surface area contributed by atoms with Crippen molar-refractivity contribution >= 4 is 28.7 Å². The van der Waals surface area contributed by atoms with E-state index in [0.29, 0.717) is 37.4 Å². The van der Waals surface area contributed by atoms with Gasteiger partial charge in [-0.25, -0.2) is 4.68 Å². The van der Waals surface area contributed by atoms with Gasteiger partial charge in [0, 0.05) is 43.5 Å². The van der Waals surface area contributed by atoms with E-state index >= 15 is 0 Å². The van der Waals surface area contributed by atoms with Crippen molar-refractivity contribution in [3.05, 3.63) is 69.8 Å². The van der Waals surface area contributed by atoms with Crippen LogP contribution in [0.4, 0.5) is 5.69 Å². The fourth-order valence-electron chi connectivity index (χ4n) is 3.47. The highest BCUT2D eigenvalue weighted by Crippen LogP contribution is 2.21. The van der Waals surface area contributed by atoms with Gasteiger partial charge in [0.25, 0.3) is 5.56 Å². The Morgan fingerprint density at radius 1 is 1.00 bits per heavy atom. The highest BCUT2D eigenvalue weighted by Gasteiger charge is 2.22. The summed E-state index contributed by atoms with van der Waals surface area (Å²) in [5, 5.41) is 6.31. The number of hydrogen-bond donors (Lipinski definition) is 0. The summed E-state index contributed by atoms with van der Waals surface area (Å²) in [4.78, 5) is 41.3.